The fourth-order valence-corrected chi connectivity index (χ4v) is 10.8. The summed E-state index contributed by atoms with van der Waals surface area (Å²) in [5, 5.41) is 23.3. The summed E-state index contributed by atoms with van der Waals surface area (Å²) in [6.45, 7) is 4.98. The number of rotatable bonds is 64. The van der Waals surface area contributed by atoms with Gasteiger partial charge in [0.1, 0.15) is 0 Å². The van der Waals surface area contributed by atoms with Gasteiger partial charge in [-0.2, -0.15) is 0 Å². The fraction of sp³-hybridized carbons (Fsp3) is 0.913. The molecule has 1 amide bonds. The lowest BCUT2D eigenvalue weighted by Gasteiger charge is -2.22. The molecule has 0 spiro atoms. The minimum atomic E-state index is -0.668. The summed E-state index contributed by atoms with van der Waals surface area (Å²) in [4.78, 5) is 24.6. The highest BCUT2D eigenvalue weighted by Gasteiger charge is 2.20. The zero-order valence-corrected chi connectivity index (χ0v) is 50.8. The van der Waals surface area contributed by atoms with Gasteiger partial charge in [-0.05, 0) is 57.8 Å². The van der Waals surface area contributed by atoms with Crippen LogP contribution in [-0.4, -0.2) is 47.4 Å². The van der Waals surface area contributed by atoms with Crippen LogP contribution in [0.15, 0.2) is 24.3 Å². The Hall–Kier alpha value is -1.66. The molecule has 0 bridgehead atoms. The first kappa shape index (κ1) is 73.3. The molecular formula is C69H133NO5. The molecule has 0 heterocycles. The maximum absolute atomic E-state index is 12.5. The van der Waals surface area contributed by atoms with Crippen LogP contribution in [0.1, 0.15) is 380 Å². The second kappa shape index (κ2) is 64.9. The topological polar surface area (TPSA) is 95.9 Å². The van der Waals surface area contributed by atoms with Gasteiger partial charge in [0.25, 0.3) is 0 Å². The standard InChI is InChI=1S/C69H133NO5/c1-3-5-7-9-11-13-15-17-19-30-35-39-43-47-51-55-59-63-69(74)75-64-60-56-52-48-44-40-36-32-29-27-25-23-21-22-24-26-28-31-34-38-42-46-50-54-58-62-68(73)70-66(65-71)67(72)61-57-53-49-45-41-37-33-20-18-16-14-12-10-8-6-4-2/h22-25,66-67,71-72H,3-21,26-65H2,1-2H3,(H,70,73)/b24-22-,25-23-. The van der Waals surface area contributed by atoms with Gasteiger partial charge in [0, 0.05) is 12.8 Å². The van der Waals surface area contributed by atoms with E-state index in [0.717, 1.165) is 44.9 Å². The van der Waals surface area contributed by atoms with Crippen LogP contribution in [0.25, 0.3) is 0 Å². The van der Waals surface area contributed by atoms with Crippen LogP contribution in [-0.2, 0) is 14.3 Å². The van der Waals surface area contributed by atoms with E-state index in [-0.39, 0.29) is 18.5 Å². The SMILES string of the molecule is CCCCCCCCCCCCCCCCCCCC(=O)OCCCCCCCCCCC/C=C\C/C=C\CCCCCCCCCCCC(=O)NC(CO)C(O)CCCCCCCCCCCCCCCCCC. The van der Waals surface area contributed by atoms with E-state index in [1.54, 1.807) is 0 Å². The Balaban J connectivity index is 3.41. The van der Waals surface area contributed by atoms with Gasteiger partial charge >= 0.3 is 5.97 Å². The summed E-state index contributed by atoms with van der Waals surface area (Å²) >= 11 is 0. The Kier molecular flexibility index (Phi) is 63.4. The summed E-state index contributed by atoms with van der Waals surface area (Å²) in [5.74, 6) is -0.0247. The molecular weight excluding hydrogens is 923 g/mol. The van der Waals surface area contributed by atoms with E-state index in [0.29, 0.717) is 25.9 Å². The summed E-state index contributed by atoms with van der Waals surface area (Å²) in [5.41, 5.74) is 0. The molecule has 0 radical (unpaired) electrons. The van der Waals surface area contributed by atoms with Crippen LogP contribution in [0.3, 0.4) is 0 Å². The highest BCUT2D eigenvalue weighted by Crippen LogP contribution is 2.18. The van der Waals surface area contributed by atoms with Crippen LogP contribution in [0, 0.1) is 0 Å². The van der Waals surface area contributed by atoms with E-state index in [2.05, 4.69) is 43.5 Å². The van der Waals surface area contributed by atoms with Crippen LogP contribution in [0.2, 0.25) is 0 Å². The van der Waals surface area contributed by atoms with Crippen LogP contribution < -0.4 is 5.32 Å². The van der Waals surface area contributed by atoms with E-state index < -0.39 is 12.1 Å². The van der Waals surface area contributed by atoms with E-state index in [1.165, 1.54) is 302 Å². The number of allylic oxidation sites excluding steroid dienone is 4. The van der Waals surface area contributed by atoms with Gasteiger partial charge in [0.15, 0.2) is 0 Å². The first-order valence-corrected chi connectivity index (χ1v) is 34.1. The van der Waals surface area contributed by atoms with E-state index >= 15 is 0 Å². The Morgan fingerprint density at radius 1 is 0.373 bits per heavy atom. The molecule has 6 nitrogen and oxygen atoms in total. The van der Waals surface area contributed by atoms with Crippen molar-refractivity contribution in [2.24, 2.45) is 0 Å². The lowest BCUT2D eigenvalue weighted by atomic mass is 10.0. The summed E-state index contributed by atoms with van der Waals surface area (Å²) < 4.78 is 5.50. The molecule has 0 fully saturated rings. The quantitative estimate of drug-likeness (QED) is 0.0320. The lowest BCUT2D eigenvalue weighted by Crippen LogP contribution is -2.45. The van der Waals surface area contributed by atoms with E-state index in [9.17, 15) is 19.8 Å². The third-order valence-electron chi connectivity index (χ3n) is 16.0. The molecule has 3 N–H and O–H groups in total. The van der Waals surface area contributed by atoms with Crippen molar-refractivity contribution in [3.05, 3.63) is 24.3 Å². The van der Waals surface area contributed by atoms with Gasteiger partial charge in [0.2, 0.25) is 5.91 Å². The molecule has 0 saturated heterocycles. The summed E-state index contributed by atoms with van der Waals surface area (Å²) in [6, 6.07) is -0.546. The van der Waals surface area contributed by atoms with Crippen molar-refractivity contribution in [2.45, 2.75) is 392 Å². The number of hydrogen-bond donors (Lipinski definition) is 3. The molecule has 0 aromatic carbocycles. The molecule has 2 atom stereocenters. The fourth-order valence-electron chi connectivity index (χ4n) is 10.8. The van der Waals surface area contributed by atoms with Gasteiger partial charge in [-0.15, -0.1) is 0 Å². The van der Waals surface area contributed by atoms with E-state index in [4.69, 9.17) is 4.74 Å². The van der Waals surface area contributed by atoms with Crippen molar-refractivity contribution >= 4 is 11.9 Å². The van der Waals surface area contributed by atoms with Gasteiger partial charge in [0.05, 0.1) is 25.4 Å². The molecule has 0 aromatic rings. The number of unbranched alkanes of at least 4 members (excludes halogenated alkanes) is 49. The first-order chi connectivity index (χ1) is 37.0. The zero-order chi connectivity index (χ0) is 54.3. The number of esters is 1. The number of ether oxygens (including phenoxy) is 1. The van der Waals surface area contributed by atoms with Gasteiger partial charge < -0.3 is 20.3 Å². The molecule has 75 heavy (non-hydrogen) atoms. The van der Waals surface area contributed by atoms with Gasteiger partial charge in [-0.1, -0.05) is 334 Å². The largest absolute Gasteiger partial charge is 0.466 e. The predicted molar refractivity (Wildman–Crippen MR) is 329 cm³/mol. The Morgan fingerprint density at radius 3 is 1.01 bits per heavy atom. The highest BCUT2D eigenvalue weighted by atomic mass is 16.5. The number of aliphatic hydroxyl groups excluding tert-OH is 2. The molecule has 6 heteroatoms. The molecule has 2 unspecified atom stereocenters. The van der Waals surface area contributed by atoms with Crippen molar-refractivity contribution in [3.63, 3.8) is 0 Å². The molecule has 0 saturated carbocycles. The second-order valence-electron chi connectivity index (χ2n) is 23.5. The molecule has 0 rings (SSSR count). The smallest absolute Gasteiger partial charge is 0.305 e. The predicted octanol–water partition coefficient (Wildman–Crippen LogP) is 21.8. The number of aliphatic hydroxyl groups is 2. The van der Waals surface area contributed by atoms with Crippen LogP contribution in [0.5, 0.6) is 0 Å². The number of carbonyl (C=O) groups excluding carboxylic acids is 2. The van der Waals surface area contributed by atoms with E-state index in [1.807, 2.05) is 0 Å². The summed E-state index contributed by atoms with van der Waals surface area (Å²) in [6.07, 6.45) is 80.7. The number of hydrogen-bond acceptors (Lipinski definition) is 5. The maximum Gasteiger partial charge on any atom is 0.305 e. The molecule has 0 aromatic heterocycles. The third kappa shape index (κ3) is 61.4. The Labute approximate surface area is 469 Å². The highest BCUT2D eigenvalue weighted by molar-refractivity contribution is 5.76. The van der Waals surface area contributed by atoms with Crippen molar-refractivity contribution in [1.82, 2.24) is 5.32 Å². The van der Waals surface area contributed by atoms with Crippen molar-refractivity contribution in [1.29, 1.82) is 0 Å². The minimum Gasteiger partial charge on any atom is -0.466 e. The second-order valence-corrected chi connectivity index (χ2v) is 23.5. The average Bonchev–Trinajstić information content (AvgIpc) is 3.41. The van der Waals surface area contributed by atoms with Crippen LogP contribution >= 0.6 is 0 Å². The average molecular weight is 1060 g/mol. The monoisotopic (exact) mass is 1060 g/mol. The Morgan fingerprint density at radius 2 is 0.667 bits per heavy atom. The molecule has 0 aliphatic carbocycles. The summed E-state index contributed by atoms with van der Waals surface area (Å²) in [7, 11) is 0. The van der Waals surface area contributed by atoms with Crippen LogP contribution in [0.4, 0.5) is 0 Å². The van der Waals surface area contributed by atoms with Gasteiger partial charge in [-0.25, -0.2) is 0 Å². The number of amides is 1. The van der Waals surface area contributed by atoms with Gasteiger partial charge in [-0.3, -0.25) is 9.59 Å². The molecule has 0 aliphatic rings. The van der Waals surface area contributed by atoms with Crippen molar-refractivity contribution in [3.8, 4) is 0 Å². The number of carbonyl (C=O) groups is 2. The Bertz CT molecular complexity index is 1170. The van der Waals surface area contributed by atoms with Crippen molar-refractivity contribution in [2.75, 3.05) is 13.2 Å². The first-order valence-electron chi connectivity index (χ1n) is 34.1. The third-order valence-corrected chi connectivity index (χ3v) is 16.0. The minimum absolute atomic E-state index is 0.0137. The van der Waals surface area contributed by atoms with Crippen molar-refractivity contribution < 1.29 is 24.5 Å². The normalized spacial score (nSPS) is 12.6. The molecule has 0 aliphatic heterocycles. The maximum atomic E-state index is 12.5. The number of nitrogens with one attached hydrogen (secondary N) is 1. The zero-order valence-electron chi connectivity index (χ0n) is 50.8. The molecule has 444 valence electrons. The lowest BCUT2D eigenvalue weighted by molar-refractivity contribution is -0.143.